The Hall–Kier alpha value is -3.13. The van der Waals surface area contributed by atoms with Gasteiger partial charge in [0.15, 0.2) is 11.8 Å². The van der Waals surface area contributed by atoms with Crippen molar-refractivity contribution in [3.63, 3.8) is 0 Å². The number of likely N-dealkylation sites (N-methyl/N-ethyl adjacent to an activating group) is 1. The van der Waals surface area contributed by atoms with Crippen molar-refractivity contribution in [3.05, 3.63) is 64.8 Å². The third kappa shape index (κ3) is 4.40. The van der Waals surface area contributed by atoms with Crippen LogP contribution in [0.2, 0.25) is 0 Å². The number of hydrogen-bond acceptors (Lipinski definition) is 5. The number of thioether (sulfide) groups is 1. The number of halogens is 1. The minimum atomic E-state index is -0.592. The molecule has 0 aliphatic carbocycles. The summed E-state index contributed by atoms with van der Waals surface area (Å²) >= 11 is 1.16. The van der Waals surface area contributed by atoms with Gasteiger partial charge >= 0.3 is 0 Å². The molecule has 0 spiro atoms. The van der Waals surface area contributed by atoms with Crippen LogP contribution in [0.5, 0.6) is 5.75 Å². The van der Waals surface area contributed by atoms with Gasteiger partial charge in [0, 0.05) is 12.1 Å². The minimum absolute atomic E-state index is 0.169. The molecule has 0 atom stereocenters. The fourth-order valence-corrected chi connectivity index (χ4v) is 3.58. The highest BCUT2D eigenvalue weighted by molar-refractivity contribution is 8.18. The van der Waals surface area contributed by atoms with E-state index < -0.39 is 11.7 Å². The van der Waals surface area contributed by atoms with Gasteiger partial charge < -0.3 is 10.5 Å². The Morgan fingerprint density at radius 1 is 1.25 bits per heavy atom. The molecule has 6 nitrogen and oxygen atoms in total. The van der Waals surface area contributed by atoms with Crippen LogP contribution in [0.25, 0.3) is 6.08 Å². The largest absolute Gasteiger partial charge is 0.483 e. The summed E-state index contributed by atoms with van der Waals surface area (Å²) in [6.45, 7) is 1.96. The standard InChI is InChI=1S/C20H18FN3O3S/c1-2-24-19(26)17(28-20(24)23-15-9-5-4-8-14(15)21)11-13-7-3-6-10-16(13)27-12-18(22)25/h3-11H,2,12H2,1H3,(H2,22,25)/b17-11+,23-20?. The van der Waals surface area contributed by atoms with E-state index in [-0.39, 0.29) is 18.2 Å². The first kappa shape index (κ1) is 19.6. The predicted molar refractivity (Wildman–Crippen MR) is 108 cm³/mol. The minimum Gasteiger partial charge on any atom is -0.483 e. The van der Waals surface area contributed by atoms with E-state index in [0.29, 0.717) is 27.9 Å². The van der Waals surface area contributed by atoms with Crippen molar-refractivity contribution in [1.29, 1.82) is 0 Å². The lowest BCUT2D eigenvalue weighted by Crippen LogP contribution is -2.28. The fraction of sp³-hybridized carbons (Fsp3) is 0.150. The number of rotatable bonds is 6. The molecule has 2 N–H and O–H groups in total. The van der Waals surface area contributed by atoms with Crippen LogP contribution in [0.15, 0.2) is 58.4 Å². The average Bonchev–Trinajstić information content (AvgIpc) is 2.97. The maximum Gasteiger partial charge on any atom is 0.266 e. The first-order chi connectivity index (χ1) is 13.5. The number of carbonyl (C=O) groups is 2. The highest BCUT2D eigenvalue weighted by atomic mass is 32.2. The van der Waals surface area contributed by atoms with Crippen molar-refractivity contribution >= 4 is 40.5 Å². The lowest BCUT2D eigenvalue weighted by Gasteiger charge is -2.12. The van der Waals surface area contributed by atoms with Gasteiger partial charge in [-0.05, 0) is 43.0 Å². The summed E-state index contributed by atoms with van der Waals surface area (Å²) in [7, 11) is 0. The van der Waals surface area contributed by atoms with Crippen LogP contribution < -0.4 is 10.5 Å². The number of nitrogens with zero attached hydrogens (tertiary/aromatic N) is 2. The molecule has 144 valence electrons. The zero-order valence-corrected chi connectivity index (χ0v) is 15.9. The van der Waals surface area contributed by atoms with E-state index in [2.05, 4.69) is 4.99 Å². The molecule has 2 aromatic carbocycles. The first-order valence-electron chi connectivity index (χ1n) is 8.54. The number of nitrogens with two attached hydrogens (primary N) is 1. The number of hydrogen-bond donors (Lipinski definition) is 1. The first-order valence-corrected chi connectivity index (χ1v) is 9.36. The molecule has 3 rings (SSSR count). The van der Waals surface area contributed by atoms with Crippen LogP contribution >= 0.6 is 11.8 Å². The number of para-hydroxylation sites is 2. The monoisotopic (exact) mass is 399 g/mol. The van der Waals surface area contributed by atoms with E-state index in [0.717, 1.165) is 11.8 Å². The van der Waals surface area contributed by atoms with E-state index in [1.165, 1.54) is 11.0 Å². The van der Waals surface area contributed by atoms with E-state index in [1.807, 2.05) is 6.92 Å². The van der Waals surface area contributed by atoms with Crippen molar-refractivity contribution in [2.24, 2.45) is 10.7 Å². The molecule has 1 fully saturated rings. The van der Waals surface area contributed by atoms with E-state index >= 15 is 0 Å². The maximum atomic E-state index is 13.9. The Balaban J connectivity index is 1.93. The molecule has 1 aliphatic rings. The van der Waals surface area contributed by atoms with E-state index in [9.17, 15) is 14.0 Å². The van der Waals surface area contributed by atoms with Crippen LogP contribution in [0.3, 0.4) is 0 Å². The third-order valence-corrected chi connectivity index (χ3v) is 4.86. The maximum absolute atomic E-state index is 13.9. The van der Waals surface area contributed by atoms with E-state index in [4.69, 9.17) is 10.5 Å². The van der Waals surface area contributed by atoms with Gasteiger partial charge in [0.05, 0.1) is 4.91 Å². The van der Waals surface area contributed by atoms with Crippen molar-refractivity contribution in [3.8, 4) is 5.75 Å². The Morgan fingerprint density at radius 2 is 1.96 bits per heavy atom. The lowest BCUT2D eigenvalue weighted by atomic mass is 10.2. The van der Waals surface area contributed by atoms with E-state index in [1.54, 1.807) is 48.5 Å². The zero-order chi connectivity index (χ0) is 20.1. The van der Waals surface area contributed by atoms with Crippen molar-refractivity contribution in [1.82, 2.24) is 4.90 Å². The summed E-state index contributed by atoms with van der Waals surface area (Å²) in [5.41, 5.74) is 5.92. The molecule has 2 amide bonds. The average molecular weight is 399 g/mol. The van der Waals surface area contributed by atoms with Crippen LogP contribution in [0.1, 0.15) is 12.5 Å². The van der Waals surface area contributed by atoms with Crippen molar-refractivity contribution in [2.75, 3.05) is 13.2 Å². The van der Waals surface area contributed by atoms with Crippen LogP contribution in [-0.4, -0.2) is 35.0 Å². The molecule has 0 unspecified atom stereocenters. The number of amidine groups is 1. The van der Waals surface area contributed by atoms with Gasteiger partial charge in [-0.2, -0.15) is 0 Å². The summed E-state index contributed by atoms with van der Waals surface area (Å²) in [5, 5.41) is 0.402. The Morgan fingerprint density at radius 3 is 2.68 bits per heavy atom. The van der Waals surface area contributed by atoms with Crippen LogP contribution in [0.4, 0.5) is 10.1 Å². The number of aliphatic imine (C=N–C) groups is 1. The topological polar surface area (TPSA) is 85.0 Å². The Kier molecular flexibility index (Phi) is 6.10. The van der Waals surface area contributed by atoms with Gasteiger partial charge in [0.25, 0.3) is 11.8 Å². The summed E-state index contributed by atoms with van der Waals surface area (Å²) in [5.74, 6) is -0.844. The second kappa shape index (κ2) is 8.71. The molecule has 0 aromatic heterocycles. The quantitative estimate of drug-likeness (QED) is 0.755. The predicted octanol–water partition coefficient (Wildman–Crippen LogP) is 3.31. The van der Waals surface area contributed by atoms with Crippen LogP contribution in [0, 0.1) is 5.82 Å². The molecular weight excluding hydrogens is 381 g/mol. The number of amides is 2. The van der Waals surface area contributed by atoms with Gasteiger partial charge in [-0.1, -0.05) is 30.3 Å². The number of benzene rings is 2. The summed E-state index contributed by atoms with van der Waals surface area (Å²) in [6, 6.07) is 13.1. The number of carbonyl (C=O) groups excluding carboxylic acids is 2. The summed E-state index contributed by atoms with van der Waals surface area (Å²) < 4.78 is 19.3. The normalized spacial score (nSPS) is 16.8. The molecule has 0 saturated carbocycles. The molecule has 1 saturated heterocycles. The van der Waals surface area contributed by atoms with Gasteiger partial charge in [-0.25, -0.2) is 9.38 Å². The molecule has 0 radical (unpaired) electrons. The fourth-order valence-electron chi connectivity index (χ4n) is 2.54. The van der Waals surface area contributed by atoms with Crippen LogP contribution in [-0.2, 0) is 9.59 Å². The number of primary amides is 1. The van der Waals surface area contributed by atoms with Crippen molar-refractivity contribution < 1.29 is 18.7 Å². The second-order valence-corrected chi connectivity index (χ2v) is 6.81. The zero-order valence-electron chi connectivity index (χ0n) is 15.1. The van der Waals surface area contributed by atoms with Gasteiger partial charge in [-0.15, -0.1) is 0 Å². The summed E-state index contributed by atoms with van der Waals surface area (Å²) in [6.07, 6.45) is 1.66. The molecule has 28 heavy (non-hydrogen) atoms. The third-order valence-electron chi connectivity index (χ3n) is 3.85. The van der Waals surface area contributed by atoms with Gasteiger partial charge in [0.1, 0.15) is 17.3 Å². The Bertz CT molecular complexity index is 975. The number of ether oxygens (including phenoxy) is 1. The molecule has 1 aliphatic heterocycles. The Labute approximate surface area is 165 Å². The second-order valence-electron chi connectivity index (χ2n) is 5.80. The van der Waals surface area contributed by atoms with Gasteiger partial charge in [-0.3, -0.25) is 14.5 Å². The summed E-state index contributed by atoms with van der Waals surface area (Å²) in [4.78, 5) is 29.9. The van der Waals surface area contributed by atoms with Gasteiger partial charge in [0.2, 0.25) is 0 Å². The molecular formula is C20H18FN3O3S. The SMILES string of the molecule is CCN1C(=O)/C(=C\c2ccccc2OCC(N)=O)SC1=Nc1ccccc1F. The highest BCUT2D eigenvalue weighted by Gasteiger charge is 2.32. The molecule has 1 heterocycles. The smallest absolute Gasteiger partial charge is 0.266 e. The molecule has 2 aromatic rings. The van der Waals surface area contributed by atoms with Crippen molar-refractivity contribution in [2.45, 2.75) is 6.92 Å². The molecule has 0 bridgehead atoms. The highest BCUT2D eigenvalue weighted by Crippen LogP contribution is 2.35. The molecule has 8 heteroatoms. The lowest BCUT2D eigenvalue weighted by molar-refractivity contribution is -0.122.